The number of para-hydroxylation sites is 1. The Kier molecular flexibility index (Phi) is 7.54. The van der Waals surface area contributed by atoms with E-state index in [9.17, 15) is 0 Å². The Hall–Kier alpha value is -1.77. The zero-order valence-corrected chi connectivity index (χ0v) is 16.1. The van der Waals surface area contributed by atoms with Gasteiger partial charge in [-0.05, 0) is 43.1 Å². The van der Waals surface area contributed by atoms with Crippen LogP contribution in [-0.4, -0.2) is 29.1 Å². The van der Waals surface area contributed by atoms with Crippen molar-refractivity contribution in [2.75, 3.05) is 19.6 Å². The maximum Gasteiger partial charge on any atom is 0.0483 e. The second-order valence-corrected chi connectivity index (χ2v) is 6.38. The van der Waals surface area contributed by atoms with Gasteiger partial charge in [0, 0.05) is 30.2 Å². The lowest BCUT2D eigenvalue weighted by atomic mass is 10.1. The van der Waals surface area contributed by atoms with Gasteiger partial charge in [0.15, 0.2) is 0 Å². The van der Waals surface area contributed by atoms with Crippen molar-refractivity contribution in [1.29, 1.82) is 0 Å². The molecule has 0 aliphatic rings. The summed E-state index contributed by atoms with van der Waals surface area (Å²) in [6.45, 7) is 8.92. The second kappa shape index (κ2) is 9.65. The van der Waals surface area contributed by atoms with Crippen LogP contribution >= 0.6 is 12.4 Å². The Balaban J connectivity index is 0.00000225. The number of fused-ring (bicyclic) bond motifs is 1. The normalized spacial score (nSPS) is 11.0. The van der Waals surface area contributed by atoms with Crippen LogP contribution in [0.4, 0.5) is 0 Å². The molecule has 0 atom stereocenters. The van der Waals surface area contributed by atoms with Gasteiger partial charge in [-0.15, -0.1) is 12.4 Å². The van der Waals surface area contributed by atoms with Gasteiger partial charge in [-0.2, -0.15) is 0 Å². The van der Waals surface area contributed by atoms with Crippen LogP contribution in [0.3, 0.4) is 0 Å². The molecule has 0 fully saturated rings. The third kappa shape index (κ3) is 4.87. The van der Waals surface area contributed by atoms with Crippen LogP contribution in [0.2, 0.25) is 0 Å². The molecule has 0 saturated heterocycles. The second-order valence-electron chi connectivity index (χ2n) is 6.38. The molecule has 0 N–H and O–H groups in total. The van der Waals surface area contributed by atoms with Crippen molar-refractivity contribution in [2.45, 2.75) is 33.2 Å². The Bertz CT molecular complexity index is 760. The van der Waals surface area contributed by atoms with Crippen LogP contribution in [-0.2, 0) is 19.4 Å². The highest BCUT2D eigenvalue weighted by atomic mass is 35.5. The molecule has 0 spiro atoms. The van der Waals surface area contributed by atoms with E-state index in [1.165, 1.54) is 22.0 Å². The lowest BCUT2D eigenvalue weighted by Gasteiger charge is -2.17. The first-order chi connectivity index (χ1) is 11.8. The van der Waals surface area contributed by atoms with E-state index in [0.717, 1.165) is 39.0 Å². The van der Waals surface area contributed by atoms with Gasteiger partial charge in [0.2, 0.25) is 0 Å². The molecule has 3 aromatic rings. The highest BCUT2D eigenvalue weighted by Gasteiger charge is 2.09. The maximum atomic E-state index is 2.50. The first-order valence-electron chi connectivity index (χ1n) is 9.14. The zero-order valence-electron chi connectivity index (χ0n) is 15.3. The molecule has 1 heterocycles. The number of halogens is 1. The molecule has 134 valence electrons. The lowest BCUT2D eigenvalue weighted by Crippen LogP contribution is -2.25. The van der Waals surface area contributed by atoms with Gasteiger partial charge in [0.1, 0.15) is 0 Å². The van der Waals surface area contributed by atoms with E-state index in [-0.39, 0.29) is 12.4 Å². The minimum absolute atomic E-state index is 0. The smallest absolute Gasteiger partial charge is 0.0483 e. The predicted molar refractivity (Wildman–Crippen MR) is 111 cm³/mol. The number of aryl methyl sites for hydroxylation is 2. The van der Waals surface area contributed by atoms with Crippen LogP contribution in [0.5, 0.6) is 0 Å². The first-order valence-corrected chi connectivity index (χ1v) is 9.14. The topological polar surface area (TPSA) is 8.17 Å². The van der Waals surface area contributed by atoms with Crippen molar-refractivity contribution in [3.8, 4) is 0 Å². The van der Waals surface area contributed by atoms with Gasteiger partial charge in [-0.1, -0.05) is 62.4 Å². The number of aromatic nitrogens is 1. The third-order valence-electron chi connectivity index (χ3n) is 4.95. The summed E-state index contributed by atoms with van der Waals surface area (Å²) in [7, 11) is 0. The molecule has 0 unspecified atom stereocenters. The summed E-state index contributed by atoms with van der Waals surface area (Å²) < 4.78 is 2.43. The SMILES string of the molecule is CCN(CC)CCc1cn(CCc2ccccc2)c2ccccc12.Cl. The molecule has 3 heteroatoms. The van der Waals surface area contributed by atoms with Gasteiger partial charge in [0.05, 0.1) is 0 Å². The number of benzene rings is 2. The Morgan fingerprint density at radius 2 is 1.52 bits per heavy atom. The van der Waals surface area contributed by atoms with E-state index < -0.39 is 0 Å². The minimum atomic E-state index is 0. The number of hydrogen-bond donors (Lipinski definition) is 0. The molecule has 0 radical (unpaired) electrons. The average Bonchev–Trinajstić information content (AvgIpc) is 3.00. The summed E-state index contributed by atoms with van der Waals surface area (Å²) in [5.41, 5.74) is 4.24. The quantitative estimate of drug-likeness (QED) is 0.539. The van der Waals surface area contributed by atoms with Gasteiger partial charge in [-0.3, -0.25) is 0 Å². The van der Waals surface area contributed by atoms with Gasteiger partial charge in [-0.25, -0.2) is 0 Å². The van der Waals surface area contributed by atoms with E-state index in [4.69, 9.17) is 0 Å². The van der Waals surface area contributed by atoms with Crippen molar-refractivity contribution in [3.05, 3.63) is 71.9 Å². The fraction of sp³-hybridized carbons (Fsp3) is 0.364. The molecule has 0 bridgehead atoms. The van der Waals surface area contributed by atoms with E-state index in [0.29, 0.717) is 0 Å². The predicted octanol–water partition coefficient (Wildman–Crippen LogP) is 5.19. The van der Waals surface area contributed by atoms with Gasteiger partial charge < -0.3 is 9.47 Å². The largest absolute Gasteiger partial charge is 0.347 e. The highest BCUT2D eigenvalue weighted by molar-refractivity contribution is 5.85. The van der Waals surface area contributed by atoms with Crippen molar-refractivity contribution < 1.29 is 0 Å². The summed E-state index contributed by atoms with van der Waals surface area (Å²) >= 11 is 0. The number of likely N-dealkylation sites (N-methyl/N-ethyl adjacent to an activating group) is 1. The fourth-order valence-electron chi connectivity index (χ4n) is 3.42. The van der Waals surface area contributed by atoms with Crippen molar-refractivity contribution in [2.24, 2.45) is 0 Å². The van der Waals surface area contributed by atoms with Crippen molar-refractivity contribution >= 4 is 23.3 Å². The molecule has 0 aliphatic heterocycles. The monoisotopic (exact) mass is 356 g/mol. The number of hydrogen-bond acceptors (Lipinski definition) is 1. The fourth-order valence-corrected chi connectivity index (χ4v) is 3.42. The summed E-state index contributed by atoms with van der Waals surface area (Å²) in [5, 5.41) is 1.41. The summed E-state index contributed by atoms with van der Waals surface area (Å²) in [5.74, 6) is 0. The first kappa shape index (κ1) is 19.6. The van der Waals surface area contributed by atoms with Gasteiger partial charge in [0.25, 0.3) is 0 Å². The molecule has 25 heavy (non-hydrogen) atoms. The minimum Gasteiger partial charge on any atom is -0.347 e. The van der Waals surface area contributed by atoms with Crippen LogP contribution in [0.25, 0.3) is 10.9 Å². The molecular weight excluding hydrogens is 328 g/mol. The average molecular weight is 357 g/mol. The van der Waals surface area contributed by atoms with Crippen LogP contribution in [0.15, 0.2) is 60.8 Å². The molecule has 0 aliphatic carbocycles. The van der Waals surface area contributed by atoms with Crippen LogP contribution in [0.1, 0.15) is 25.0 Å². The molecule has 2 aromatic carbocycles. The van der Waals surface area contributed by atoms with E-state index >= 15 is 0 Å². The molecule has 0 amide bonds. The molecule has 3 rings (SSSR count). The molecule has 0 saturated carbocycles. The Labute approximate surface area is 157 Å². The molecule has 1 aromatic heterocycles. The molecular formula is C22H29ClN2. The Morgan fingerprint density at radius 1 is 0.840 bits per heavy atom. The number of rotatable bonds is 8. The van der Waals surface area contributed by atoms with Gasteiger partial charge >= 0.3 is 0 Å². The number of nitrogens with zero attached hydrogens (tertiary/aromatic N) is 2. The van der Waals surface area contributed by atoms with Crippen molar-refractivity contribution in [1.82, 2.24) is 9.47 Å². The van der Waals surface area contributed by atoms with E-state index in [1.54, 1.807) is 0 Å². The summed E-state index contributed by atoms with van der Waals surface area (Å²) in [6, 6.07) is 19.6. The van der Waals surface area contributed by atoms with Crippen LogP contribution < -0.4 is 0 Å². The van der Waals surface area contributed by atoms with Crippen molar-refractivity contribution in [3.63, 3.8) is 0 Å². The summed E-state index contributed by atoms with van der Waals surface area (Å²) in [4.78, 5) is 2.50. The van der Waals surface area contributed by atoms with E-state index in [1.807, 2.05) is 0 Å². The standard InChI is InChI=1S/C22H28N2.ClH/c1-3-23(4-2)16-15-20-18-24(22-13-9-8-12-21(20)22)17-14-19-10-6-5-7-11-19;/h5-13,18H,3-4,14-17H2,1-2H3;1H. The van der Waals surface area contributed by atoms with Crippen LogP contribution in [0, 0.1) is 0 Å². The Morgan fingerprint density at radius 3 is 2.24 bits per heavy atom. The van der Waals surface area contributed by atoms with E-state index in [2.05, 4.69) is 84.1 Å². The maximum absolute atomic E-state index is 2.50. The zero-order chi connectivity index (χ0) is 16.8. The molecule has 2 nitrogen and oxygen atoms in total. The summed E-state index contributed by atoms with van der Waals surface area (Å²) in [6.07, 6.45) is 4.58. The third-order valence-corrected chi connectivity index (χ3v) is 4.95. The highest BCUT2D eigenvalue weighted by Crippen LogP contribution is 2.22. The lowest BCUT2D eigenvalue weighted by molar-refractivity contribution is 0.308.